The van der Waals surface area contributed by atoms with Crippen molar-refractivity contribution < 1.29 is 33.6 Å². The second kappa shape index (κ2) is 15.4. The topological polar surface area (TPSA) is 91.3 Å². The van der Waals surface area contributed by atoms with E-state index in [1.807, 2.05) is 30.3 Å². The predicted molar refractivity (Wildman–Crippen MR) is 176 cm³/mol. The van der Waals surface area contributed by atoms with Crippen LogP contribution in [0.4, 0.5) is 0 Å². The second-order valence-corrected chi connectivity index (χ2v) is 11.3. The fourth-order valence-corrected chi connectivity index (χ4v) is 5.95. The number of carbonyl (C=O) groups is 2. The minimum absolute atomic E-state index is 0.0909. The molecule has 7 nitrogen and oxygen atoms in total. The lowest BCUT2D eigenvalue weighted by molar-refractivity contribution is -0.148. The Morgan fingerprint density at radius 2 is 1.33 bits per heavy atom. The van der Waals surface area contributed by atoms with Gasteiger partial charge in [-0.05, 0) is 70.0 Å². The van der Waals surface area contributed by atoms with Crippen molar-refractivity contribution in [1.82, 2.24) is 0 Å². The molecule has 0 spiro atoms. The zero-order chi connectivity index (χ0) is 32.4. The molecule has 0 amide bonds. The van der Waals surface area contributed by atoms with Gasteiger partial charge < -0.3 is 24.1 Å². The molecule has 0 saturated carbocycles. The highest BCUT2D eigenvalue weighted by atomic mass is 16.5. The van der Waals surface area contributed by atoms with Crippen LogP contribution in [0.5, 0.6) is 0 Å². The zero-order valence-corrected chi connectivity index (χ0v) is 26.4. The maximum Gasteiger partial charge on any atom is 0.306 e. The second-order valence-electron chi connectivity index (χ2n) is 11.3. The summed E-state index contributed by atoms with van der Waals surface area (Å²) in [5, 5.41) is 8.78. The molecule has 0 atom stereocenters. The SMILES string of the molecule is COC1=CC=C(C(OCc2ccc(-c3cccc(COC(=O)CCC(=O)O)c3)cc2)(C2=CC=C(OC)CC2)c2ccccc2)CC1. The highest BCUT2D eigenvalue weighted by Gasteiger charge is 2.42. The Morgan fingerprint density at radius 3 is 1.89 bits per heavy atom. The van der Waals surface area contributed by atoms with Gasteiger partial charge in [-0.1, -0.05) is 84.9 Å². The van der Waals surface area contributed by atoms with E-state index in [-0.39, 0.29) is 19.4 Å². The third-order valence-electron chi connectivity index (χ3n) is 8.44. The zero-order valence-electron chi connectivity index (χ0n) is 26.4. The van der Waals surface area contributed by atoms with E-state index in [0.717, 1.165) is 65.0 Å². The Labute approximate surface area is 270 Å². The van der Waals surface area contributed by atoms with Crippen LogP contribution in [0.2, 0.25) is 0 Å². The molecule has 3 aromatic rings. The fraction of sp³-hybridized carbons (Fsp3) is 0.282. The molecule has 0 heterocycles. The van der Waals surface area contributed by atoms with Crippen LogP contribution in [0.3, 0.4) is 0 Å². The molecule has 0 radical (unpaired) electrons. The Bertz CT molecular complexity index is 1610. The van der Waals surface area contributed by atoms with Crippen molar-refractivity contribution in [3.05, 3.63) is 143 Å². The highest BCUT2D eigenvalue weighted by molar-refractivity contribution is 5.76. The van der Waals surface area contributed by atoms with E-state index in [1.165, 1.54) is 11.1 Å². The number of hydrogen-bond acceptors (Lipinski definition) is 6. The van der Waals surface area contributed by atoms with Crippen molar-refractivity contribution in [3.63, 3.8) is 0 Å². The molecular formula is C39H40O7. The van der Waals surface area contributed by atoms with Gasteiger partial charge in [-0.15, -0.1) is 0 Å². The first kappa shape index (κ1) is 32.5. The average molecular weight is 621 g/mol. The summed E-state index contributed by atoms with van der Waals surface area (Å²) in [5.74, 6) is 0.371. The van der Waals surface area contributed by atoms with Crippen LogP contribution in [0.15, 0.2) is 126 Å². The van der Waals surface area contributed by atoms with Crippen LogP contribution in [0, 0.1) is 0 Å². The van der Waals surface area contributed by atoms with Crippen molar-refractivity contribution in [2.75, 3.05) is 14.2 Å². The van der Waals surface area contributed by atoms with E-state index < -0.39 is 17.5 Å². The number of carboxylic acid groups (broad SMARTS) is 1. The minimum atomic E-state index is -1.02. The van der Waals surface area contributed by atoms with E-state index in [4.69, 9.17) is 24.1 Å². The van der Waals surface area contributed by atoms with Gasteiger partial charge in [0, 0.05) is 12.8 Å². The van der Waals surface area contributed by atoms with E-state index in [0.29, 0.717) is 6.61 Å². The summed E-state index contributed by atoms with van der Waals surface area (Å²) in [7, 11) is 3.43. The molecule has 5 rings (SSSR count). The Balaban J connectivity index is 1.39. The van der Waals surface area contributed by atoms with Crippen LogP contribution in [0.1, 0.15) is 55.2 Å². The minimum Gasteiger partial charge on any atom is -0.501 e. The number of aliphatic carboxylic acids is 1. The van der Waals surface area contributed by atoms with Crippen molar-refractivity contribution in [2.24, 2.45) is 0 Å². The summed E-state index contributed by atoms with van der Waals surface area (Å²) in [6, 6.07) is 26.5. The Hall–Kier alpha value is -4.88. The number of carbonyl (C=O) groups excluding carboxylic acids is 1. The number of benzene rings is 3. The smallest absolute Gasteiger partial charge is 0.306 e. The Kier molecular flexibility index (Phi) is 10.9. The van der Waals surface area contributed by atoms with Crippen LogP contribution in [-0.4, -0.2) is 31.3 Å². The van der Waals surface area contributed by atoms with Gasteiger partial charge in [-0.3, -0.25) is 9.59 Å². The molecule has 0 aliphatic heterocycles. The van der Waals surface area contributed by atoms with Gasteiger partial charge in [0.1, 0.15) is 12.2 Å². The standard InChI is InChI=1S/C39H40O7/c1-43-35-19-15-33(16-20-35)39(32-9-4-3-5-10-32,34-17-21-36(44-2)22-18-34)46-27-28-11-13-30(14-12-28)31-8-6-7-29(25-31)26-45-38(42)24-23-37(40)41/h3-15,17,19,21,25H,16,18,20,22-24,26-27H2,1-2H3,(H,40,41). The average Bonchev–Trinajstić information content (AvgIpc) is 3.11. The van der Waals surface area contributed by atoms with E-state index in [2.05, 4.69) is 72.8 Å². The summed E-state index contributed by atoms with van der Waals surface area (Å²) in [6.45, 7) is 0.492. The molecule has 3 aromatic carbocycles. The van der Waals surface area contributed by atoms with Crippen LogP contribution >= 0.6 is 0 Å². The normalized spacial score (nSPS) is 14.7. The summed E-state index contributed by atoms with van der Waals surface area (Å²) < 4.78 is 23.5. The first-order chi connectivity index (χ1) is 22.4. The molecule has 0 unspecified atom stereocenters. The number of methoxy groups -OCH3 is 2. The molecule has 46 heavy (non-hydrogen) atoms. The number of hydrogen-bond donors (Lipinski definition) is 1. The molecule has 0 fully saturated rings. The van der Waals surface area contributed by atoms with Gasteiger partial charge in [0.25, 0.3) is 0 Å². The number of allylic oxidation sites excluding steroid dienone is 6. The van der Waals surface area contributed by atoms with E-state index in [1.54, 1.807) is 14.2 Å². The first-order valence-corrected chi connectivity index (χ1v) is 15.5. The lowest BCUT2D eigenvalue weighted by Gasteiger charge is -2.41. The Morgan fingerprint density at radius 1 is 0.674 bits per heavy atom. The summed E-state index contributed by atoms with van der Waals surface area (Å²) in [4.78, 5) is 22.6. The first-order valence-electron chi connectivity index (χ1n) is 15.5. The number of esters is 1. The van der Waals surface area contributed by atoms with Crippen LogP contribution in [0.25, 0.3) is 11.1 Å². The number of carboxylic acids is 1. The summed E-state index contributed by atoms with van der Waals surface area (Å²) in [6.07, 6.45) is 11.3. The van der Waals surface area contributed by atoms with Gasteiger partial charge >= 0.3 is 11.9 Å². The van der Waals surface area contributed by atoms with Crippen LogP contribution in [-0.2, 0) is 47.4 Å². The molecule has 0 bridgehead atoms. The van der Waals surface area contributed by atoms with E-state index in [9.17, 15) is 9.59 Å². The molecule has 238 valence electrons. The summed E-state index contributed by atoms with van der Waals surface area (Å²) >= 11 is 0. The van der Waals surface area contributed by atoms with Crippen LogP contribution < -0.4 is 0 Å². The highest BCUT2D eigenvalue weighted by Crippen LogP contribution is 2.47. The van der Waals surface area contributed by atoms with Crippen molar-refractivity contribution in [3.8, 4) is 11.1 Å². The number of ether oxygens (including phenoxy) is 4. The lowest BCUT2D eigenvalue weighted by Crippen LogP contribution is -2.36. The predicted octanol–water partition coefficient (Wildman–Crippen LogP) is 8.17. The summed E-state index contributed by atoms with van der Waals surface area (Å²) in [5.41, 5.74) is 6.62. The third-order valence-corrected chi connectivity index (χ3v) is 8.44. The molecular weight excluding hydrogens is 580 g/mol. The van der Waals surface area contributed by atoms with Crippen molar-refractivity contribution >= 4 is 11.9 Å². The number of rotatable bonds is 14. The largest absolute Gasteiger partial charge is 0.501 e. The van der Waals surface area contributed by atoms with Gasteiger partial charge in [-0.25, -0.2) is 0 Å². The lowest BCUT2D eigenvalue weighted by atomic mass is 9.73. The quantitative estimate of drug-likeness (QED) is 0.182. The van der Waals surface area contributed by atoms with E-state index >= 15 is 0 Å². The maximum absolute atomic E-state index is 11.9. The maximum atomic E-state index is 11.9. The van der Waals surface area contributed by atoms with Crippen molar-refractivity contribution in [2.45, 2.75) is 57.3 Å². The molecule has 0 aromatic heterocycles. The molecule has 0 saturated heterocycles. The molecule has 1 N–H and O–H groups in total. The fourth-order valence-electron chi connectivity index (χ4n) is 5.95. The van der Waals surface area contributed by atoms with Gasteiger partial charge in [0.2, 0.25) is 0 Å². The molecule has 2 aliphatic rings. The van der Waals surface area contributed by atoms with Crippen molar-refractivity contribution in [1.29, 1.82) is 0 Å². The molecule has 2 aliphatic carbocycles. The van der Waals surface area contributed by atoms with Gasteiger partial charge in [0.05, 0.1) is 45.2 Å². The monoisotopic (exact) mass is 620 g/mol. The van der Waals surface area contributed by atoms with Gasteiger partial charge in [0.15, 0.2) is 0 Å². The molecule has 7 heteroatoms. The third kappa shape index (κ3) is 7.85. The van der Waals surface area contributed by atoms with Gasteiger partial charge in [-0.2, -0.15) is 0 Å².